The van der Waals surface area contributed by atoms with Crippen molar-refractivity contribution in [2.24, 2.45) is 23.7 Å². The maximum Gasteiger partial charge on any atom is 0.0468 e. The van der Waals surface area contributed by atoms with E-state index in [1.54, 1.807) is 22.3 Å². The van der Waals surface area contributed by atoms with Crippen molar-refractivity contribution < 1.29 is 0 Å². The molecule has 13 rings (SSSR count). The molecule has 0 saturated heterocycles. The van der Waals surface area contributed by atoms with E-state index >= 15 is 0 Å². The zero-order chi connectivity index (χ0) is 34.0. The van der Waals surface area contributed by atoms with E-state index in [1.165, 1.54) is 108 Å². The Morgan fingerprint density at radius 1 is 0.404 bits per heavy atom. The van der Waals surface area contributed by atoms with Crippen molar-refractivity contribution in [1.82, 2.24) is 0 Å². The molecule has 0 aromatic heterocycles. The van der Waals surface area contributed by atoms with Gasteiger partial charge in [0.15, 0.2) is 0 Å². The highest BCUT2D eigenvalue weighted by Gasteiger charge is 2.61. The van der Waals surface area contributed by atoms with Gasteiger partial charge in [-0.05, 0) is 161 Å². The summed E-state index contributed by atoms with van der Waals surface area (Å²) in [6.07, 6.45) is 12.3. The van der Waals surface area contributed by atoms with Crippen LogP contribution in [0.15, 0.2) is 140 Å². The predicted octanol–water partition coefficient (Wildman–Crippen LogP) is 13.4. The molecular weight excluding hydrogens is 627 g/mol. The number of fused-ring (bicyclic) bond motifs is 8. The van der Waals surface area contributed by atoms with Crippen molar-refractivity contribution >= 4 is 17.1 Å². The van der Waals surface area contributed by atoms with Crippen molar-refractivity contribution in [1.29, 1.82) is 0 Å². The monoisotopic (exact) mass is 671 g/mol. The van der Waals surface area contributed by atoms with Crippen LogP contribution < -0.4 is 4.90 Å². The Kier molecular flexibility index (Phi) is 6.18. The Balaban J connectivity index is 1.06. The molecule has 1 heteroatoms. The summed E-state index contributed by atoms with van der Waals surface area (Å²) in [7, 11) is 0. The van der Waals surface area contributed by atoms with E-state index < -0.39 is 0 Å². The smallest absolute Gasteiger partial charge is 0.0468 e. The van der Waals surface area contributed by atoms with Gasteiger partial charge in [-0.3, -0.25) is 0 Å². The number of rotatable bonds is 4. The third-order valence-electron chi connectivity index (χ3n) is 15.0. The molecule has 0 radical (unpaired) electrons. The maximum atomic E-state index is 2.58. The van der Waals surface area contributed by atoms with E-state index in [2.05, 4.69) is 144 Å². The molecule has 52 heavy (non-hydrogen) atoms. The lowest BCUT2D eigenvalue weighted by Gasteiger charge is -2.61. The molecule has 0 amide bonds. The summed E-state index contributed by atoms with van der Waals surface area (Å²) in [5.74, 6) is 3.44. The summed E-state index contributed by atoms with van der Waals surface area (Å²) >= 11 is 0. The predicted molar refractivity (Wildman–Crippen MR) is 215 cm³/mol. The number of benzene rings is 6. The van der Waals surface area contributed by atoms with Crippen LogP contribution in [0.1, 0.15) is 80.0 Å². The first-order valence-electron chi connectivity index (χ1n) is 20.2. The first-order chi connectivity index (χ1) is 25.7. The Bertz CT molecular complexity index is 2360. The maximum absolute atomic E-state index is 2.58. The van der Waals surface area contributed by atoms with Crippen LogP contribution in [0, 0.1) is 23.7 Å². The van der Waals surface area contributed by atoms with Gasteiger partial charge in [-0.1, -0.05) is 116 Å². The van der Waals surface area contributed by atoms with Crippen LogP contribution in [0.3, 0.4) is 0 Å². The molecule has 6 aromatic carbocycles. The first kappa shape index (κ1) is 29.7. The van der Waals surface area contributed by atoms with Gasteiger partial charge in [-0.15, -0.1) is 0 Å². The lowest BCUT2D eigenvalue weighted by Crippen LogP contribution is -2.55. The lowest BCUT2D eigenvalue weighted by atomic mass is 9.43. The van der Waals surface area contributed by atoms with Crippen molar-refractivity contribution in [3.05, 3.63) is 162 Å². The quantitative estimate of drug-likeness (QED) is 0.180. The number of hydrogen-bond acceptors (Lipinski definition) is 1. The number of anilines is 3. The minimum absolute atomic E-state index is 0.173. The van der Waals surface area contributed by atoms with Gasteiger partial charge in [0, 0.05) is 27.9 Å². The minimum Gasteiger partial charge on any atom is -0.310 e. The van der Waals surface area contributed by atoms with E-state index in [-0.39, 0.29) is 10.8 Å². The number of nitrogens with zero attached hydrogens (tertiary/aromatic N) is 1. The van der Waals surface area contributed by atoms with Crippen LogP contribution in [-0.4, -0.2) is 0 Å². The van der Waals surface area contributed by atoms with Crippen molar-refractivity contribution in [3.63, 3.8) is 0 Å². The Morgan fingerprint density at radius 3 is 1.63 bits per heavy atom. The number of hydrogen-bond donors (Lipinski definition) is 0. The van der Waals surface area contributed by atoms with Crippen LogP contribution in [0.25, 0.3) is 33.4 Å². The fourth-order valence-corrected chi connectivity index (χ4v) is 13.3. The van der Waals surface area contributed by atoms with Gasteiger partial charge in [0.1, 0.15) is 0 Å². The van der Waals surface area contributed by atoms with Crippen LogP contribution >= 0.6 is 0 Å². The SMILES string of the molecule is c1ccc(-c2cccc(N(c3ccc4c(c3)-c3ccccc3C43CCCC3)c3ccc4c(c3)-c3ccccc3C43C4CC5CC(C4)CC3C5)c2)cc1. The molecule has 0 heterocycles. The van der Waals surface area contributed by atoms with Crippen molar-refractivity contribution in [2.45, 2.75) is 68.6 Å². The molecule has 7 aliphatic carbocycles. The zero-order valence-corrected chi connectivity index (χ0v) is 29.9. The molecule has 5 saturated carbocycles. The molecule has 7 aliphatic rings. The molecule has 0 aliphatic heterocycles. The van der Waals surface area contributed by atoms with E-state index in [9.17, 15) is 0 Å². The molecule has 5 fully saturated rings. The van der Waals surface area contributed by atoms with Crippen LogP contribution in [0.4, 0.5) is 17.1 Å². The Morgan fingerprint density at radius 2 is 0.923 bits per heavy atom. The largest absolute Gasteiger partial charge is 0.310 e. The lowest BCUT2D eigenvalue weighted by molar-refractivity contribution is -0.0399. The minimum atomic E-state index is 0.173. The molecule has 6 aromatic rings. The third-order valence-corrected chi connectivity index (χ3v) is 15.0. The standard InChI is InChI=1S/C51H45N/c1-2-11-35(12-3-1)36-13-10-14-39(30-36)52(40-19-21-47-44(31-40)42-15-4-6-17-46(42)50(47)23-8-9-24-50)41-20-22-49-45(32-41)43-16-5-7-18-48(43)51(49)37-26-33-25-34(28-37)29-38(51)27-33/h1-7,10-22,30-34,37-38H,8-9,23-29H2. The summed E-state index contributed by atoms with van der Waals surface area (Å²) in [6.45, 7) is 0. The van der Waals surface area contributed by atoms with E-state index in [0.717, 1.165) is 23.7 Å². The summed E-state index contributed by atoms with van der Waals surface area (Å²) in [5.41, 5.74) is 18.7. The van der Waals surface area contributed by atoms with Gasteiger partial charge in [0.05, 0.1) is 0 Å². The van der Waals surface area contributed by atoms with Gasteiger partial charge in [-0.25, -0.2) is 0 Å². The summed E-state index contributed by atoms with van der Waals surface area (Å²) in [5, 5.41) is 0. The van der Waals surface area contributed by atoms with E-state index in [4.69, 9.17) is 0 Å². The normalized spacial score (nSPS) is 26.4. The third kappa shape index (κ3) is 3.90. The second-order valence-electron chi connectivity index (χ2n) is 17.3. The average Bonchev–Trinajstić information content (AvgIpc) is 3.87. The highest BCUT2D eigenvalue weighted by molar-refractivity contribution is 5.90. The summed E-state index contributed by atoms with van der Waals surface area (Å²) in [6, 6.07) is 54.0. The molecule has 254 valence electrons. The zero-order valence-electron chi connectivity index (χ0n) is 29.9. The molecule has 0 unspecified atom stereocenters. The van der Waals surface area contributed by atoms with Gasteiger partial charge in [0.25, 0.3) is 0 Å². The topological polar surface area (TPSA) is 3.24 Å². The summed E-state index contributed by atoms with van der Waals surface area (Å²) in [4.78, 5) is 2.56. The Labute approximate surface area is 308 Å². The average molecular weight is 672 g/mol. The highest BCUT2D eigenvalue weighted by atomic mass is 15.1. The highest BCUT2D eigenvalue weighted by Crippen LogP contribution is 2.69. The first-order valence-corrected chi connectivity index (χ1v) is 20.2. The molecule has 0 atom stereocenters. The molecule has 1 nitrogen and oxygen atoms in total. The van der Waals surface area contributed by atoms with Gasteiger partial charge >= 0.3 is 0 Å². The van der Waals surface area contributed by atoms with Crippen LogP contribution in [0.5, 0.6) is 0 Å². The molecular formula is C51H45N. The van der Waals surface area contributed by atoms with E-state index in [0.29, 0.717) is 0 Å². The van der Waals surface area contributed by atoms with Crippen LogP contribution in [-0.2, 0) is 10.8 Å². The molecule has 0 N–H and O–H groups in total. The van der Waals surface area contributed by atoms with Gasteiger partial charge < -0.3 is 4.90 Å². The Hall–Kier alpha value is -4.88. The molecule has 4 bridgehead atoms. The van der Waals surface area contributed by atoms with Gasteiger partial charge in [0.2, 0.25) is 0 Å². The van der Waals surface area contributed by atoms with Crippen LogP contribution in [0.2, 0.25) is 0 Å². The van der Waals surface area contributed by atoms with Crippen molar-refractivity contribution in [2.75, 3.05) is 4.90 Å². The second kappa shape index (κ2) is 10.8. The summed E-state index contributed by atoms with van der Waals surface area (Å²) < 4.78 is 0. The van der Waals surface area contributed by atoms with Crippen molar-refractivity contribution in [3.8, 4) is 33.4 Å². The van der Waals surface area contributed by atoms with Gasteiger partial charge in [-0.2, -0.15) is 0 Å². The van der Waals surface area contributed by atoms with E-state index in [1.807, 2.05) is 0 Å². The fraction of sp³-hybridized carbons (Fsp3) is 0.294. The fourth-order valence-electron chi connectivity index (χ4n) is 13.3. The molecule has 2 spiro atoms. The second-order valence-corrected chi connectivity index (χ2v) is 17.3.